The highest BCUT2D eigenvalue weighted by atomic mass is 35.5. The molecule has 1 aromatic carbocycles. The fraction of sp³-hybridized carbons (Fsp3) is 0.467. The van der Waals surface area contributed by atoms with Gasteiger partial charge in [-0.15, -0.1) is 0 Å². The average molecular weight is 313 g/mol. The Labute approximate surface area is 130 Å². The van der Waals surface area contributed by atoms with Crippen LogP contribution in [0.5, 0.6) is 0 Å². The van der Waals surface area contributed by atoms with E-state index in [1.165, 1.54) is 7.11 Å². The molecule has 0 atom stereocenters. The van der Waals surface area contributed by atoms with Crippen molar-refractivity contribution in [1.29, 1.82) is 0 Å². The van der Waals surface area contributed by atoms with Crippen LogP contribution in [0.2, 0.25) is 5.02 Å². The van der Waals surface area contributed by atoms with Crippen molar-refractivity contribution in [1.82, 2.24) is 4.90 Å². The molecule has 5 nitrogen and oxygen atoms in total. The van der Waals surface area contributed by atoms with Gasteiger partial charge in [-0.2, -0.15) is 0 Å². The van der Waals surface area contributed by atoms with E-state index in [4.69, 9.17) is 11.6 Å². The number of amides is 1. The van der Waals surface area contributed by atoms with Gasteiger partial charge >= 0.3 is 5.97 Å². The van der Waals surface area contributed by atoms with Crippen molar-refractivity contribution >= 4 is 29.2 Å². The molecule has 0 aromatic heterocycles. The molecule has 1 aromatic rings. The molecule has 0 heterocycles. The van der Waals surface area contributed by atoms with Crippen LogP contribution in [0.3, 0.4) is 0 Å². The van der Waals surface area contributed by atoms with Crippen LogP contribution in [-0.2, 0) is 9.53 Å². The second-order valence-corrected chi connectivity index (χ2v) is 4.84. The number of benzene rings is 1. The van der Waals surface area contributed by atoms with Gasteiger partial charge in [0, 0.05) is 26.1 Å². The van der Waals surface area contributed by atoms with E-state index in [1.54, 1.807) is 23.1 Å². The Balaban J connectivity index is 2.63. The fourth-order valence-electron chi connectivity index (χ4n) is 1.94. The highest BCUT2D eigenvalue weighted by molar-refractivity contribution is 6.33. The van der Waals surface area contributed by atoms with Crippen LogP contribution in [0.4, 0.5) is 5.69 Å². The van der Waals surface area contributed by atoms with E-state index < -0.39 is 5.97 Å². The maximum atomic E-state index is 11.9. The van der Waals surface area contributed by atoms with Crippen LogP contribution in [0.25, 0.3) is 0 Å². The fourth-order valence-corrected chi connectivity index (χ4v) is 2.13. The quantitative estimate of drug-likeness (QED) is 0.787. The summed E-state index contributed by atoms with van der Waals surface area (Å²) in [6.07, 6.45) is 0.375. The molecule has 0 aliphatic carbocycles. The molecule has 0 spiro atoms. The number of anilines is 1. The largest absolute Gasteiger partial charge is 0.465 e. The van der Waals surface area contributed by atoms with E-state index in [2.05, 4.69) is 10.1 Å². The van der Waals surface area contributed by atoms with Crippen LogP contribution < -0.4 is 5.32 Å². The minimum atomic E-state index is -0.422. The van der Waals surface area contributed by atoms with Gasteiger partial charge in [0.2, 0.25) is 5.91 Å². The van der Waals surface area contributed by atoms with Crippen LogP contribution in [0, 0.1) is 0 Å². The van der Waals surface area contributed by atoms with E-state index in [1.807, 2.05) is 13.8 Å². The van der Waals surface area contributed by atoms with Crippen molar-refractivity contribution in [3.63, 3.8) is 0 Å². The van der Waals surface area contributed by atoms with Crippen molar-refractivity contribution in [2.75, 3.05) is 32.1 Å². The number of ether oxygens (including phenoxy) is 1. The molecule has 0 saturated carbocycles. The van der Waals surface area contributed by atoms with Crippen LogP contribution >= 0.6 is 11.6 Å². The van der Waals surface area contributed by atoms with E-state index in [-0.39, 0.29) is 5.91 Å². The van der Waals surface area contributed by atoms with Crippen molar-refractivity contribution in [3.05, 3.63) is 28.8 Å². The lowest BCUT2D eigenvalue weighted by molar-refractivity contribution is -0.130. The summed E-state index contributed by atoms with van der Waals surface area (Å²) in [5.74, 6) is -0.332. The summed E-state index contributed by atoms with van der Waals surface area (Å²) in [6.45, 7) is 5.76. The van der Waals surface area contributed by atoms with Crippen molar-refractivity contribution < 1.29 is 14.3 Å². The first-order valence-electron chi connectivity index (χ1n) is 6.93. The van der Waals surface area contributed by atoms with Gasteiger partial charge in [0.15, 0.2) is 0 Å². The minimum absolute atomic E-state index is 0.0905. The van der Waals surface area contributed by atoms with Crippen molar-refractivity contribution in [2.24, 2.45) is 0 Å². The number of hydrogen-bond donors (Lipinski definition) is 1. The van der Waals surface area contributed by atoms with Crippen molar-refractivity contribution in [2.45, 2.75) is 20.3 Å². The monoisotopic (exact) mass is 312 g/mol. The van der Waals surface area contributed by atoms with Crippen molar-refractivity contribution in [3.8, 4) is 0 Å². The predicted octanol–water partition coefficient (Wildman–Crippen LogP) is 2.80. The number of carbonyl (C=O) groups is 2. The zero-order valence-corrected chi connectivity index (χ0v) is 13.4. The number of methoxy groups -OCH3 is 1. The maximum absolute atomic E-state index is 11.9. The number of nitrogens with zero attached hydrogens (tertiary/aromatic N) is 1. The molecule has 21 heavy (non-hydrogen) atoms. The maximum Gasteiger partial charge on any atom is 0.337 e. The van der Waals surface area contributed by atoms with Gasteiger partial charge in [0.05, 0.1) is 23.4 Å². The van der Waals surface area contributed by atoms with Gasteiger partial charge in [0.1, 0.15) is 0 Å². The van der Waals surface area contributed by atoms with Crippen LogP contribution in [0.15, 0.2) is 18.2 Å². The molecule has 0 fully saturated rings. The molecule has 1 amide bonds. The summed E-state index contributed by atoms with van der Waals surface area (Å²) >= 11 is 6.07. The lowest BCUT2D eigenvalue weighted by Crippen LogP contribution is -2.31. The molecule has 0 radical (unpaired) electrons. The number of rotatable bonds is 7. The second kappa shape index (κ2) is 8.52. The summed E-state index contributed by atoms with van der Waals surface area (Å²) in [5.41, 5.74) is 1.03. The Kier molecular flexibility index (Phi) is 7.02. The standard InChI is InChI=1S/C15H21ClN2O3/c1-4-18(5-2)14(19)8-9-17-13-10-11(15(20)21-3)6-7-12(13)16/h6-7,10,17H,4-5,8-9H2,1-3H3. The average Bonchev–Trinajstić information content (AvgIpc) is 2.49. The Morgan fingerprint density at radius 3 is 2.52 bits per heavy atom. The number of nitrogens with one attached hydrogen (secondary N) is 1. The van der Waals surface area contributed by atoms with E-state index in [0.717, 1.165) is 0 Å². The molecular formula is C15H21ClN2O3. The topological polar surface area (TPSA) is 58.6 Å². The third-order valence-electron chi connectivity index (χ3n) is 3.16. The van der Waals surface area contributed by atoms with Gasteiger partial charge in [-0.25, -0.2) is 4.79 Å². The molecule has 0 bridgehead atoms. The first-order valence-corrected chi connectivity index (χ1v) is 7.30. The Morgan fingerprint density at radius 2 is 1.95 bits per heavy atom. The zero-order chi connectivity index (χ0) is 15.8. The molecule has 0 aliphatic heterocycles. The summed E-state index contributed by atoms with van der Waals surface area (Å²) in [6, 6.07) is 4.85. The summed E-state index contributed by atoms with van der Waals surface area (Å²) in [4.78, 5) is 25.1. The van der Waals surface area contributed by atoms with Gasteiger partial charge in [-0.1, -0.05) is 11.6 Å². The van der Waals surface area contributed by atoms with E-state index >= 15 is 0 Å². The molecule has 116 valence electrons. The number of carbonyl (C=O) groups excluding carboxylic acids is 2. The molecule has 0 saturated heterocycles. The smallest absolute Gasteiger partial charge is 0.337 e. The van der Waals surface area contributed by atoms with Gasteiger partial charge in [-0.3, -0.25) is 4.79 Å². The predicted molar refractivity (Wildman–Crippen MR) is 83.8 cm³/mol. The number of halogens is 1. The molecule has 0 unspecified atom stereocenters. The summed E-state index contributed by atoms with van der Waals surface area (Å²) in [5, 5.41) is 3.58. The zero-order valence-electron chi connectivity index (χ0n) is 12.6. The van der Waals surface area contributed by atoms with E-state index in [9.17, 15) is 9.59 Å². The molecule has 1 rings (SSSR count). The molecular weight excluding hydrogens is 292 g/mol. The van der Waals surface area contributed by atoms with Gasteiger partial charge < -0.3 is 15.0 Å². The number of hydrogen-bond acceptors (Lipinski definition) is 4. The second-order valence-electron chi connectivity index (χ2n) is 4.43. The van der Waals surface area contributed by atoms with E-state index in [0.29, 0.717) is 42.3 Å². The Hall–Kier alpha value is -1.75. The van der Waals surface area contributed by atoms with Crippen LogP contribution in [0.1, 0.15) is 30.6 Å². The minimum Gasteiger partial charge on any atom is -0.465 e. The first kappa shape index (κ1) is 17.3. The lowest BCUT2D eigenvalue weighted by Gasteiger charge is -2.19. The SMILES string of the molecule is CCN(CC)C(=O)CCNc1cc(C(=O)OC)ccc1Cl. The third kappa shape index (κ3) is 4.93. The number of esters is 1. The molecule has 0 aliphatic rings. The molecule has 6 heteroatoms. The summed E-state index contributed by atoms with van der Waals surface area (Å²) < 4.78 is 4.66. The third-order valence-corrected chi connectivity index (χ3v) is 3.49. The van der Waals surface area contributed by atoms with Gasteiger partial charge in [0.25, 0.3) is 0 Å². The van der Waals surface area contributed by atoms with Crippen LogP contribution in [-0.4, -0.2) is 43.5 Å². The lowest BCUT2D eigenvalue weighted by atomic mass is 10.2. The Morgan fingerprint density at radius 1 is 1.29 bits per heavy atom. The summed E-state index contributed by atoms with van der Waals surface area (Å²) in [7, 11) is 1.33. The highest BCUT2D eigenvalue weighted by Gasteiger charge is 2.11. The van der Waals surface area contributed by atoms with Gasteiger partial charge in [-0.05, 0) is 32.0 Å². The molecule has 1 N–H and O–H groups in total. The Bertz CT molecular complexity index is 502. The highest BCUT2D eigenvalue weighted by Crippen LogP contribution is 2.23. The normalized spacial score (nSPS) is 10.1. The first-order chi connectivity index (χ1) is 10.0.